The number of carbonyl (C=O) groups excluding carboxylic acids is 1. The van der Waals surface area contributed by atoms with Crippen LogP contribution in [0.1, 0.15) is 10.4 Å². The molecule has 0 aliphatic heterocycles. The van der Waals surface area contributed by atoms with Crippen molar-refractivity contribution in [2.45, 2.75) is 0 Å². The molecule has 0 unspecified atom stereocenters. The van der Waals surface area contributed by atoms with E-state index in [0.29, 0.717) is 10.7 Å². The number of para-hydroxylation sites is 1. The molecule has 1 amide bonds. The van der Waals surface area contributed by atoms with Crippen molar-refractivity contribution in [3.63, 3.8) is 0 Å². The summed E-state index contributed by atoms with van der Waals surface area (Å²) >= 11 is 8.59. The standard InChI is InChI=1S/C15H13BrN2OS/c1-18(13-8-3-2-4-9-13)15(20)17-14(19)11-6-5-7-12(16)10-11/h2-10H,1H3,(H,17,19,20). The van der Waals surface area contributed by atoms with E-state index in [1.807, 2.05) is 49.5 Å². The minimum atomic E-state index is -0.223. The number of amides is 1. The normalized spacial score (nSPS) is 9.90. The largest absolute Gasteiger partial charge is 0.322 e. The lowest BCUT2D eigenvalue weighted by atomic mass is 10.2. The quantitative estimate of drug-likeness (QED) is 0.841. The number of benzene rings is 2. The summed E-state index contributed by atoms with van der Waals surface area (Å²) in [4.78, 5) is 13.9. The van der Waals surface area contributed by atoms with E-state index in [4.69, 9.17) is 12.2 Å². The molecular formula is C15H13BrN2OS. The van der Waals surface area contributed by atoms with Crippen LogP contribution in [0, 0.1) is 0 Å². The van der Waals surface area contributed by atoms with Gasteiger partial charge >= 0.3 is 0 Å². The SMILES string of the molecule is CN(C(=S)NC(=O)c1cccc(Br)c1)c1ccccc1. The van der Waals surface area contributed by atoms with Gasteiger partial charge < -0.3 is 4.90 Å². The lowest BCUT2D eigenvalue weighted by Gasteiger charge is -2.20. The zero-order valence-electron chi connectivity index (χ0n) is 10.8. The molecule has 102 valence electrons. The van der Waals surface area contributed by atoms with E-state index in [-0.39, 0.29) is 5.91 Å². The van der Waals surface area contributed by atoms with Gasteiger partial charge in [-0.3, -0.25) is 10.1 Å². The van der Waals surface area contributed by atoms with Crippen molar-refractivity contribution in [2.75, 3.05) is 11.9 Å². The third-order valence-corrected chi connectivity index (χ3v) is 3.62. The smallest absolute Gasteiger partial charge is 0.257 e. The Labute approximate surface area is 131 Å². The first-order valence-corrected chi connectivity index (χ1v) is 7.17. The number of nitrogens with zero attached hydrogens (tertiary/aromatic N) is 1. The Morgan fingerprint density at radius 2 is 1.85 bits per heavy atom. The number of anilines is 1. The Kier molecular flexibility index (Phi) is 4.87. The van der Waals surface area contributed by atoms with Crippen LogP contribution in [0.2, 0.25) is 0 Å². The Bertz CT molecular complexity index is 631. The predicted octanol–water partition coefficient (Wildman–Crippen LogP) is 3.60. The van der Waals surface area contributed by atoms with Gasteiger partial charge in [0.05, 0.1) is 0 Å². The summed E-state index contributed by atoms with van der Waals surface area (Å²) in [6, 6.07) is 16.8. The molecule has 0 aliphatic rings. The van der Waals surface area contributed by atoms with Gasteiger partial charge in [0, 0.05) is 22.8 Å². The van der Waals surface area contributed by atoms with Gasteiger partial charge in [0.15, 0.2) is 5.11 Å². The molecule has 0 atom stereocenters. The van der Waals surface area contributed by atoms with Gasteiger partial charge in [-0.25, -0.2) is 0 Å². The number of hydrogen-bond acceptors (Lipinski definition) is 2. The van der Waals surface area contributed by atoms with Gasteiger partial charge in [0.1, 0.15) is 0 Å². The van der Waals surface area contributed by atoms with E-state index in [0.717, 1.165) is 10.2 Å². The van der Waals surface area contributed by atoms with E-state index in [9.17, 15) is 4.79 Å². The van der Waals surface area contributed by atoms with Crippen molar-refractivity contribution in [2.24, 2.45) is 0 Å². The van der Waals surface area contributed by atoms with Gasteiger partial charge in [-0.15, -0.1) is 0 Å². The number of carbonyl (C=O) groups is 1. The fourth-order valence-corrected chi connectivity index (χ4v) is 2.25. The van der Waals surface area contributed by atoms with Crippen molar-refractivity contribution >= 4 is 44.9 Å². The first kappa shape index (κ1) is 14.7. The van der Waals surface area contributed by atoms with Crippen LogP contribution in [0.15, 0.2) is 59.1 Å². The molecule has 0 saturated carbocycles. The summed E-state index contributed by atoms with van der Waals surface area (Å²) in [7, 11) is 1.82. The number of rotatable bonds is 2. The van der Waals surface area contributed by atoms with Crippen molar-refractivity contribution < 1.29 is 4.79 Å². The second-order valence-corrected chi connectivity index (χ2v) is 5.47. The molecule has 3 nitrogen and oxygen atoms in total. The Hall–Kier alpha value is -1.72. The minimum Gasteiger partial charge on any atom is -0.322 e. The molecular weight excluding hydrogens is 336 g/mol. The highest BCUT2D eigenvalue weighted by molar-refractivity contribution is 9.10. The molecule has 0 bridgehead atoms. The molecule has 0 spiro atoms. The third kappa shape index (κ3) is 3.65. The van der Waals surface area contributed by atoms with Gasteiger partial charge in [0.25, 0.3) is 5.91 Å². The van der Waals surface area contributed by atoms with Crippen LogP contribution in [0.3, 0.4) is 0 Å². The van der Waals surface area contributed by atoms with Crippen LogP contribution < -0.4 is 10.2 Å². The summed E-state index contributed by atoms with van der Waals surface area (Å²) in [5.74, 6) is -0.223. The molecule has 0 aliphatic carbocycles. The Morgan fingerprint density at radius 3 is 2.50 bits per heavy atom. The number of hydrogen-bond donors (Lipinski definition) is 1. The van der Waals surface area contributed by atoms with E-state index in [1.165, 1.54) is 0 Å². The average Bonchev–Trinajstić information content (AvgIpc) is 2.47. The minimum absolute atomic E-state index is 0.223. The van der Waals surface area contributed by atoms with Crippen molar-refractivity contribution in [3.05, 3.63) is 64.6 Å². The molecule has 2 rings (SSSR count). The van der Waals surface area contributed by atoms with Crippen molar-refractivity contribution in [3.8, 4) is 0 Å². The van der Waals surface area contributed by atoms with Crippen LogP contribution in [-0.4, -0.2) is 18.1 Å². The predicted molar refractivity (Wildman–Crippen MR) is 89.1 cm³/mol. The third-order valence-electron chi connectivity index (χ3n) is 2.76. The first-order chi connectivity index (χ1) is 9.58. The van der Waals surface area contributed by atoms with Gasteiger partial charge in [-0.05, 0) is 42.5 Å². The number of nitrogens with one attached hydrogen (secondary N) is 1. The summed E-state index contributed by atoms with van der Waals surface area (Å²) in [6.07, 6.45) is 0. The van der Waals surface area contributed by atoms with E-state index in [2.05, 4.69) is 21.2 Å². The summed E-state index contributed by atoms with van der Waals surface area (Å²) in [5, 5.41) is 3.08. The van der Waals surface area contributed by atoms with Crippen molar-refractivity contribution in [1.82, 2.24) is 5.32 Å². The van der Waals surface area contributed by atoms with Gasteiger partial charge in [0.2, 0.25) is 0 Å². The van der Waals surface area contributed by atoms with Gasteiger partial charge in [-0.1, -0.05) is 40.2 Å². The topological polar surface area (TPSA) is 32.3 Å². The molecule has 5 heteroatoms. The first-order valence-electron chi connectivity index (χ1n) is 5.97. The Morgan fingerprint density at radius 1 is 1.15 bits per heavy atom. The monoisotopic (exact) mass is 348 g/mol. The van der Waals surface area contributed by atoms with Gasteiger partial charge in [-0.2, -0.15) is 0 Å². The maximum atomic E-state index is 12.1. The lowest BCUT2D eigenvalue weighted by molar-refractivity contribution is 0.0977. The summed E-state index contributed by atoms with van der Waals surface area (Å²) in [6.45, 7) is 0. The maximum absolute atomic E-state index is 12.1. The lowest BCUT2D eigenvalue weighted by Crippen LogP contribution is -2.40. The number of halogens is 1. The molecule has 0 aromatic heterocycles. The highest BCUT2D eigenvalue weighted by Crippen LogP contribution is 2.13. The van der Waals surface area contributed by atoms with Crippen LogP contribution in [0.4, 0.5) is 5.69 Å². The molecule has 0 saturated heterocycles. The van der Waals surface area contributed by atoms with Crippen LogP contribution >= 0.6 is 28.1 Å². The molecule has 2 aromatic carbocycles. The van der Waals surface area contributed by atoms with Crippen molar-refractivity contribution in [1.29, 1.82) is 0 Å². The summed E-state index contributed by atoms with van der Waals surface area (Å²) < 4.78 is 0.854. The molecule has 0 radical (unpaired) electrons. The van der Waals surface area contributed by atoms with Crippen LogP contribution in [-0.2, 0) is 0 Å². The number of thiocarbonyl (C=S) groups is 1. The Balaban J connectivity index is 2.06. The zero-order valence-corrected chi connectivity index (χ0v) is 13.2. The fraction of sp³-hybridized carbons (Fsp3) is 0.0667. The van der Waals surface area contributed by atoms with Crippen LogP contribution in [0.25, 0.3) is 0 Å². The van der Waals surface area contributed by atoms with E-state index in [1.54, 1.807) is 17.0 Å². The second-order valence-electron chi connectivity index (χ2n) is 4.16. The highest BCUT2D eigenvalue weighted by Gasteiger charge is 2.12. The van der Waals surface area contributed by atoms with Crippen LogP contribution in [0.5, 0.6) is 0 Å². The molecule has 2 aromatic rings. The average molecular weight is 349 g/mol. The molecule has 20 heavy (non-hydrogen) atoms. The molecule has 1 N–H and O–H groups in total. The highest BCUT2D eigenvalue weighted by atomic mass is 79.9. The summed E-state index contributed by atoms with van der Waals surface area (Å²) in [5.41, 5.74) is 1.48. The van der Waals surface area contributed by atoms with E-state index < -0.39 is 0 Å². The van der Waals surface area contributed by atoms with E-state index >= 15 is 0 Å². The molecule has 0 fully saturated rings. The zero-order chi connectivity index (χ0) is 14.5. The maximum Gasteiger partial charge on any atom is 0.257 e. The fourth-order valence-electron chi connectivity index (χ4n) is 1.65. The second kappa shape index (κ2) is 6.63. The molecule has 0 heterocycles.